The molecular formula is C20H24N2O3. The van der Waals surface area contributed by atoms with E-state index in [0.29, 0.717) is 13.0 Å². The Kier molecular flexibility index (Phi) is 6.42. The quantitative estimate of drug-likeness (QED) is 0.842. The summed E-state index contributed by atoms with van der Waals surface area (Å²) in [5.74, 6) is 0.819. The van der Waals surface area contributed by atoms with Crippen LogP contribution in [0.15, 0.2) is 54.6 Å². The van der Waals surface area contributed by atoms with Gasteiger partial charge >= 0.3 is 0 Å². The van der Waals surface area contributed by atoms with Crippen molar-refractivity contribution in [3.8, 4) is 5.75 Å². The van der Waals surface area contributed by atoms with Crippen molar-refractivity contribution in [3.05, 3.63) is 60.2 Å². The lowest BCUT2D eigenvalue weighted by Crippen LogP contribution is -2.38. The third-order valence-electron chi connectivity index (χ3n) is 4.15. The van der Waals surface area contributed by atoms with Gasteiger partial charge in [-0.1, -0.05) is 30.3 Å². The van der Waals surface area contributed by atoms with Gasteiger partial charge in [0.25, 0.3) is 0 Å². The van der Waals surface area contributed by atoms with Gasteiger partial charge in [-0.25, -0.2) is 0 Å². The highest BCUT2D eigenvalue weighted by atomic mass is 16.5. The lowest BCUT2D eigenvalue weighted by molar-refractivity contribution is -0.116. The Labute approximate surface area is 148 Å². The fourth-order valence-electron chi connectivity index (χ4n) is 2.68. The Morgan fingerprint density at radius 2 is 1.76 bits per heavy atom. The SMILES string of the molecule is O=C(CCN1CCOCC1)Nc1ccc(OCc2ccccc2)cc1. The van der Waals surface area contributed by atoms with E-state index in [2.05, 4.69) is 10.2 Å². The predicted octanol–water partition coefficient (Wildman–Crippen LogP) is 2.93. The minimum Gasteiger partial charge on any atom is -0.489 e. The molecule has 0 unspecified atom stereocenters. The standard InChI is InChI=1S/C20H24N2O3/c23-20(10-11-22-12-14-24-15-13-22)21-18-6-8-19(9-7-18)25-16-17-4-2-1-3-5-17/h1-9H,10-16H2,(H,21,23). The number of morpholine rings is 1. The molecule has 2 aromatic rings. The zero-order valence-corrected chi connectivity index (χ0v) is 14.3. The first-order valence-corrected chi connectivity index (χ1v) is 8.66. The number of nitrogens with one attached hydrogen (secondary N) is 1. The summed E-state index contributed by atoms with van der Waals surface area (Å²) in [5, 5.41) is 2.93. The van der Waals surface area contributed by atoms with Gasteiger partial charge in [0.1, 0.15) is 12.4 Å². The molecule has 0 atom stereocenters. The van der Waals surface area contributed by atoms with Crippen LogP contribution >= 0.6 is 0 Å². The molecule has 1 amide bonds. The maximum Gasteiger partial charge on any atom is 0.225 e. The van der Waals surface area contributed by atoms with Gasteiger partial charge in [0.15, 0.2) is 0 Å². The van der Waals surface area contributed by atoms with E-state index in [-0.39, 0.29) is 5.91 Å². The predicted molar refractivity (Wildman–Crippen MR) is 97.7 cm³/mol. The van der Waals surface area contributed by atoms with Crippen molar-refractivity contribution >= 4 is 11.6 Å². The van der Waals surface area contributed by atoms with E-state index in [4.69, 9.17) is 9.47 Å². The van der Waals surface area contributed by atoms with Crippen LogP contribution in [-0.2, 0) is 16.1 Å². The Bertz CT molecular complexity index is 652. The fourth-order valence-corrected chi connectivity index (χ4v) is 2.68. The number of amides is 1. The second-order valence-corrected chi connectivity index (χ2v) is 6.05. The maximum absolute atomic E-state index is 12.1. The average Bonchev–Trinajstić information content (AvgIpc) is 2.67. The lowest BCUT2D eigenvalue weighted by atomic mass is 10.2. The molecule has 5 heteroatoms. The van der Waals surface area contributed by atoms with E-state index in [1.54, 1.807) is 0 Å². The molecule has 25 heavy (non-hydrogen) atoms. The molecule has 3 rings (SSSR count). The molecule has 0 aromatic heterocycles. The molecule has 132 valence electrons. The topological polar surface area (TPSA) is 50.8 Å². The Morgan fingerprint density at radius 3 is 2.48 bits per heavy atom. The average molecular weight is 340 g/mol. The molecule has 2 aromatic carbocycles. The molecule has 0 spiro atoms. The van der Waals surface area contributed by atoms with Crippen molar-refractivity contribution < 1.29 is 14.3 Å². The highest BCUT2D eigenvalue weighted by Crippen LogP contribution is 2.17. The van der Waals surface area contributed by atoms with E-state index in [1.807, 2.05) is 54.6 Å². The summed E-state index contributed by atoms with van der Waals surface area (Å²) in [6.45, 7) is 4.62. The number of rotatable bonds is 7. The maximum atomic E-state index is 12.1. The zero-order valence-electron chi connectivity index (χ0n) is 14.3. The van der Waals surface area contributed by atoms with Gasteiger partial charge in [0.05, 0.1) is 13.2 Å². The van der Waals surface area contributed by atoms with Crippen LogP contribution in [0.2, 0.25) is 0 Å². The Morgan fingerprint density at radius 1 is 1.04 bits per heavy atom. The van der Waals surface area contributed by atoms with Gasteiger partial charge in [-0.05, 0) is 29.8 Å². The Balaban J connectivity index is 1.41. The third kappa shape index (κ3) is 5.89. The highest BCUT2D eigenvalue weighted by molar-refractivity contribution is 5.90. The van der Waals surface area contributed by atoms with Gasteiger partial charge in [0.2, 0.25) is 5.91 Å². The van der Waals surface area contributed by atoms with Gasteiger partial charge in [-0.2, -0.15) is 0 Å². The van der Waals surface area contributed by atoms with Crippen molar-refractivity contribution in [2.45, 2.75) is 13.0 Å². The molecule has 1 heterocycles. The number of carbonyl (C=O) groups excluding carboxylic acids is 1. The number of ether oxygens (including phenoxy) is 2. The van der Waals surface area contributed by atoms with Crippen molar-refractivity contribution in [2.75, 3.05) is 38.2 Å². The van der Waals surface area contributed by atoms with E-state index in [9.17, 15) is 4.79 Å². The van der Waals surface area contributed by atoms with Crippen LogP contribution < -0.4 is 10.1 Å². The van der Waals surface area contributed by atoms with Crippen molar-refractivity contribution in [2.24, 2.45) is 0 Å². The van der Waals surface area contributed by atoms with Crippen LogP contribution in [0.5, 0.6) is 5.75 Å². The first-order chi connectivity index (χ1) is 12.3. The van der Waals surface area contributed by atoms with Gasteiger partial charge in [-0.15, -0.1) is 0 Å². The lowest BCUT2D eigenvalue weighted by Gasteiger charge is -2.26. The summed E-state index contributed by atoms with van der Waals surface area (Å²) >= 11 is 0. The number of carbonyl (C=O) groups is 1. The fraction of sp³-hybridized carbons (Fsp3) is 0.350. The van der Waals surface area contributed by atoms with Crippen LogP contribution in [0.4, 0.5) is 5.69 Å². The number of benzene rings is 2. The van der Waals surface area contributed by atoms with Crippen LogP contribution in [0.1, 0.15) is 12.0 Å². The molecule has 1 saturated heterocycles. The van der Waals surface area contributed by atoms with Crippen molar-refractivity contribution in [1.29, 1.82) is 0 Å². The molecule has 1 fully saturated rings. The molecule has 0 bridgehead atoms. The Hall–Kier alpha value is -2.37. The van der Waals surface area contributed by atoms with Crippen molar-refractivity contribution in [3.63, 3.8) is 0 Å². The monoisotopic (exact) mass is 340 g/mol. The largest absolute Gasteiger partial charge is 0.489 e. The first-order valence-electron chi connectivity index (χ1n) is 8.66. The van der Waals surface area contributed by atoms with E-state index in [1.165, 1.54) is 0 Å². The summed E-state index contributed by atoms with van der Waals surface area (Å²) < 4.78 is 11.1. The molecule has 5 nitrogen and oxygen atoms in total. The molecule has 1 aliphatic rings. The minimum absolute atomic E-state index is 0.0319. The molecule has 1 aliphatic heterocycles. The van der Waals surface area contributed by atoms with E-state index < -0.39 is 0 Å². The summed E-state index contributed by atoms with van der Waals surface area (Å²) in [7, 11) is 0. The van der Waals surface area contributed by atoms with E-state index in [0.717, 1.165) is 49.8 Å². The second kappa shape index (κ2) is 9.20. The minimum atomic E-state index is 0.0319. The molecule has 0 radical (unpaired) electrons. The summed E-state index contributed by atoms with van der Waals surface area (Å²) in [4.78, 5) is 14.3. The zero-order chi connectivity index (χ0) is 17.3. The van der Waals surface area contributed by atoms with Crippen LogP contribution in [0.3, 0.4) is 0 Å². The highest BCUT2D eigenvalue weighted by Gasteiger charge is 2.12. The number of anilines is 1. The first kappa shape index (κ1) is 17.5. The molecule has 1 N–H and O–H groups in total. The van der Waals surface area contributed by atoms with Gasteiger partial charge in [0, 0.05) is 31.7 Å². The van der Waals surface area contributed by atoms with Crippen LogP contribution in [-0.4, -0.2) is 43.7 Å². The van der Waals surface area contributed by atoms with Gasteiger partial charge < -0.3 is 14.8 Å². The molecule has 0 saturated carbocycles. The number of hydrogen-bond acceptors (Lipinski definition) is 4. The normalized spacial score (nSPS) is 14.9. The van der Waals surface area contributed by atoms with E-state index >= 15 is 0 Å². The second-order valence-electron chi connectivity index (χ2n) is 6.05. The molecular weight excluding hydrogens is 316 g/mol. The number of hydrogen-bond donors (Lipinski definition) is 1. The van der Waals surface area contributed by atoms with Crippen molar-refractivity contribution in [1.82, 2.24) is 4.90 Å². The summed E-state index contributed by atoms with van der Waals surface area (Å²) in [6, 6.07) is 17.5. The van der Waals surface area contributed by atoms with Crippen LogP contribution in [0, 0.1) is 0 Å². The smallest absolute Gasteiger partial charge is 0.225 e. The van der Waals surface area contributed by atoms with Gasteiger partial charge in [-0.3, -0.25) is 9.69 Å². The third-order valence-corrected chi connectivity index (χ3v) is 4.15. The number of nitrogens with zero attached hydrogens (tertiary/aromatic N) is 1. The summed E-state index contributed by atoms with van der Waals surface area (Å²) in [6.07, 6.45) is 0.492. The molecule has 0 aliphatic carbocycles. The summed E-state index contributed by atoms with van der Waals surface area (Å²) in [5.41, 5.74) is 1.92. The van der Waals surface area contributed by atoms with Crippen LogP contribution in [0.25, 0.3) is 0 Å².